The summed E-state index contributed by atoms with van der Waals surface area (Å²) >= 11 is 0. The van der Waals surface area contributed by atoms with Gasteiger partial charge < -0.3 is 25.4 Å². The monoisotopic (exact) mass is 347 g/mol. The second-order valence-electron chi connectivity index (χ2n) is 5.84. The van der Waals surface area contributed by atoms with Crippen molar-refractivity contribution in [3.8, 4) is 5.75 Å². The van der Waals surface area contributed by atoms with E-state index >= 15 is 0 Å². The quantitative estimate of drug-likeness (QED) is 0.720. The number of amides is 2. The van der Waals surface area contributed by atoms with Gasteiger partial charge in [0.15, 0.2) is 0 Å². The van der Waals surface area contributed by atoms with E-state index in [9.17, 15) is 14.3 Å². The molecule has 0 aliphatic carbocycles. The standard InChI is InChI=1S/C18H22FN3O3/c1-22(2)11-16(23)12-25-17-8-6-14(7-9-17)20-18(24)21-15-5-3-4-13(19)10-15/h3-10,16,23H,11-12H2,1-2H3,(H2,20,21,24). The third-order valence-corrected chi connectivity index (χ3v) is 3.21. The minimum Gasteiger partial charge on any atom is -0.491 e. The summed E-state index contributed by atoms with van der Waals surface area (Å²) in [4.78, 5) is 13.8. The molecule has 2 rings (SSSR count). The van der Waals surface area contributed by atoms with Crippen molar-refractivity contribution in [2.24, 2.45) is 0 Å². The molecule has 1 unspecified atom stereocenters. The van der Waals surface area contributed by atoms with Crippen LogP contribution in [0.25, 0.3) is 0 Å². The highest BCUT2D eigenvalue weighted by molar-refractivity contribution is 5.99. The van der Waals surface area contributed by atoms with Gasteiger partial charge in [0.25, 0.3) is 0 Å². The molecule has 0 aliphatic heterocycles. The molecule has 3 N–H and O–H groups in total. The van der Waals surface area contributed by atoms with Gasteiger partial charge in [0, 0.05) is 17.9 Å². The highest BCUT2D eigenvalue weighted by Crippen LogP contribution is 2.16. The number of hydrogen-bond donors (Lipinski definition) is 3. The number of nitrogens with one attached hydrogen (secondary N) is 2. The van der Waals surface area contributed by atoms with E-state index in [2.05, 4.69) is 10.6 Å². The first-order valence-corrected chi connectivity index (χ1v) is 7.81. The van der Waals surface area contributed by atoms with Gasteiger partial charge in [0.1, 0.15) is 24.3 Å². The van der Waals surface area contributed by atoms with E-state index in [0.717, 1.165) is 0 Å². The van der Waals surface area contributed by atoms with E-state index in [4.69, 9.17) is 4.74 Å². The molecule has 2 aromatic rings. The number of nitrogens with zero attached hydrogens (tertiary/aromatic N) is 1. The fraction of sp³-hybridized carbons (Fsp3) is 0.278. The van der Waals surface area contributed by atoms with Gasteiger partial charge in [-0.25, -0.2) is 9.18 Å². The van der Waals surface area contributed by atoms with Crippen LogP contribution in [0.5, 0.6) is 5.75 Å². The number of aliphatic hydroxyl groups excluding tert-OH is 1. The second kappa shape index (κ2) is 9.00. The molecule has 2 amide bonds. The Bertz CT molecular complexity index is 692. The Kier molecular flexibility index (Phi) is 6.73. The van der Waals surface area contributed by atoms with E-state index in [1.54, 1.807) is 30.3 Å². The number of urea groups is 1. The number of ether oxygens (including phenoxy) is 1. The van der Waals surface area contributed by atoms with Crippen LogP contribution < -0.4 is 15.4 Å². The highest BCUT2D eigenvalue weighted by atomic mass is 19.1. The van der Waals surface area contributed by atoms with Gasteiger partial charge in [0.2, 0.25) is 0 Å². The van der Waals surface area contributed by atoms with Crippen molar-refractivity contribution in [3.05, 3.63) is 54.3 Å². The summed E-state index contributed by atoms with van der Waals surface area (Å²) in [5, 5.41) is 14.9. The molecule has 0 aromatic heterocycles. The van der Waals surface area contributed by atoms with E-state index in [1.165, 1.54) is 18.2 Å². The van der Waals surface area contributed by atoms with E-state index in [1.807, 2.05) is 19.0 Å². The lowest BCUT2D eigenvalue weighted by Gasteiger charge is -2.16. The molecule has 1 atom stereocenters. The predicted octanol–water partition coefficient (Wildman–Crippen LogP) is 2.77. The Morgan fingerprint density at radius 2 is 1.84 bits per heavy atom. The lowest BCUT2D eigenvalue weighted by Crippen LogP contribution is -2.30. The topological polar surface area (TPSA) is 73.8 Å². The number of benzene rings is 2. The summed E-state index contributed by atoms with van der Waals surface area (Å²) in [6, 6.07) is 11.9. The average molecular weight is 347 g/mol. The first kappa shape index (κ1) is 18.7. The molecule has 0 bridgehead atoms. The van der Waals surface area contributed by atoms with Crippen LogP contribution in [0.1, 0.15) is 0 Å². The van der Waals surface area contributed by atoms with Crippen LogP contribution in [0, 0.1) is 5.82 Å². The lowest BCUT2D eigenvalue weighted by atomic mass is 10.3. The first-order chi connectivity index (χ1) is 11.9. The van der Waals surface area contributed by atoms with Gasteiger partial charge in [-0.2, -0.15) is 0 Å². The fourth-order valence-corrected chi connectivity index (χ4v) is 2.16. The smallest absolute Gasteiger partial charge is 0.323 e. The third kappa shape index (κ3) is 6.78. The number of rotatable bonds is 7. The number of halogens is 1. The molecule has 0 spiro atoms. The zero-order chi connectivity index (χ0) is 18.2. The highest BCUT2D eigenvalue weighted by Gasteiger charge is 2.07. The Hall–Kier alpha value is -2.64. The van der Waals surface area contributed by atoms with Crippen molar-refractivity contribution in [1.82, 2.24) is 4.90 Å². The lowest BCUT2D eigenvalue weighted by molar-refractivity contribution is 0.0831. The Morgan fingerprint density at radius 1 is 1.16 bits per heavy atom. The Labute approximate surface area is 146 Å². The van der Waals surface area contributed by atoms with Crippen LogP contribution in [-0.4, -0.2) is 49.4 Å². The van der Waals surface area contributed by atoms with Gasteiger partial charge in [-0.15, -0.1) is 0 Å². The summed E-state index contributed by atoms with van der Waals surface area (Å²) in [5.41, 5.74) is 0.933. The first-order valence-electron chi connectivity index (χ1n) is 7.81. The number of aliphatic hydroxyl groups is 1. The van der Waals surface area contributed by atoms with Crippen molar-refractivity contribution in [2.75, 3.05) is 37.9 Å². The average Bonchev–Trinajstić information content (AvgIpc) is 2.53. The van der Waals surface area contributed by atoms with E-state index in [0.29, 0.717) is 23.7 Å². The second-order valence-corrected chi connectivity index (χ2v) is 5.84. The normalized spacial score (nSPS) is 11.9. The summed E-state index contributed by atoms with van der Waals surface area (Å²) in [7, 11) is 3.75. The number of anilines is 2. The summed E-state index contributed by atoms with van der Waals surface area (Å²) in [6.07, 6.45) is -0.579. The zero-order valence-corrected chi connectivity index (χ0v) is 14.2. The van der Waals surface area contributed by atoms with Gasteiger partial charge >= 0.3 is 6.03 Å². The van der Waals surface area contributed by atoms with E-state index < -0.39 is 18.0 Å². The zero-order valence-electron chi connectivity index (χ0n) is 14.2. The van der Waals surface area contributed by atoms with Crippen LogP contribution in [0.3, 0.4) is 0 Å². The van der Waals surface area contributed by atoms with Gasteiger partial charge in [-0.1, -0.05) is 6.07 Å². The molecule has 0 heterocycles. The van der Waals surface area contributed by atoms with Crippen LogP contribution in [0.15, 0.2) is 48.5 Å². The minimum atomic E-state index is -0.579. The number of likely N-dealkylation sites (N-methyl/N-ethyl adjacent to an activating group) is 1. The van der Waals surface area contributed by atoms with Gasteiger partial charge in [-0.3, -0.25) is 0 Å². The van der Waals surface area contributed by atoms with Crippen LogP contribution in [-0.2, 0) is 0 Å². The molecule has 0 aliphatic rings. The summed E-state index contributed by atoms with van der Waals surface area (Å²) < 4.78 is 18.6. The number of hydrogen-bond acceptors (Lipinski definition) is 4. The molecule has 0 radical (unpaired) electrons. The Balaban J connectivity index is 1.82. The summed E-state index contributed by atoms with van der Waals surface area (Å²) in [5.74, 6) is 0.171. The SMILES string of the molecule is CN(C)CC(O)COc1ccc(NC(=O)Nc2cccc(F)c2)cc1. The molecule has 25 heavy (non-hydrogen) atoms. The van der Waals surface area contributed by atoms with Crippen LogP contribution in [0.4, 0.5) is 20.6 Å². The maximum atomic E-state index is 13.1. The predicted molar refractivity (Wildman–Crippen MR) is 95.5 cm³/mol. The molecule has 6 nitrogen and oxygen atoms in total. The maximum Gasteiger partial charge on any atom is 0.323 e. The van der Waals surface area contributed by atoms with Crippen molar-refractivity contribution in [1.29, 1.82) is 0 Å². The Morgan fingerprint density at radius 3 is 2.48 bits per heavy atom. The molecule has 2 aromatic carbocycles. The van der Waals surface area contributed by atoms with Crippen molar-refractivity contribution < 1.29 is 19.0 Å². The third-order valence-electron chi connectivity index (χ3n) is 3.21. The molecule has 134 valence electrons. The number of carbonyl (C=O) groups excluding carboxylic acids is 1. The van der Waals surface area contributed by atoms with Crippen molar-refractivity contribution >= 4 is 17.4 Å². The molecular weight excluding hydrogens is 325 g/mol. The van der Waals surface area contributed by atoms with E-state index in [-0.39, 0.29) is 6.61 Å². The van der Waals surface area contributed by atoms with Crippen molar-refractivity contribution in [3.63, 3.8) is 0 Å². The number of carbonyl (C=O) groups is 1. The van der Waals surface area contributed by atoms with Gasteiger partial charge in [0.05, 0.1) is 0 Å². The molecule has 0 saturated heterocycles. The minimum absolute atomic E-state index is 0.186. The maximum absolute atomic E-state index is 13.1. The largest absolute Gasteiger partial charge is 0.491 e. The molecule has 0 saturated carbocycles. The van der Waals surface area contributed by atoms with Crippen molar-refractivity contribution in [2.45, 2.75) is 6.10 Å². The molecule has 0 fully saturated rings. The van der Waals surface area contributed by atoms with Crippen LogP contribution in [0.2, 0.25) is 0 Å². The van der Waals surface area contributed by atoms with Gasteiger partial charge in [-0.05, 0) is 56.6 Å². The molecule has 7 heteroatoms. The summed E-state index contributed by atoms with van der Waals surface area (Å²) in [6.45, 7) is 0.699. The molecular formula is C18H22FN3O3. The van der Waals surface area contributed by atoms with Crippen LogP contribution >= 0.6 is 0 Å². The fourth-order valence-electron chi connectivity index (χ4n) is 2.16.